The number of hydrogen-bond donors (Lipinski definition) is 1. The number of aliphatic hydroxyl groups is 1. The molecule has 168 valence electrons. The summed E-state index contributed by atoms with van der Waals surface area (Å²) in [6, 6.07) is 11.8. The number of likely N-dealkylation sites (tertiary alicyclic amines) is 1. The molecule has 0 aromatic heterocycles. The molecule has 2 heterocycles. The van der Waals surface area contributed by atoms with Crippen molar-refractivity contribution in [2.75, 3.05) is 39.4 Å². The second-order valence-corrected chi connectivity index (χ2v) is 8.78. The van der Waals surface area contributed by atoms with E-state index in [-0.39, 0.29) is 16.9 Å². The highest BCUT2D eigenvalue weighted by molar-refractivity contribution is 9.10. The summed E-state index contributed by atoms with van der Waals surface area (Å²) in [5, 5.41) is 11.0. The molecule has 6 nitrogen and oxygen atoms in total. The molecule has 0 aliphatic carbocycles. The predicted molar refractivity (Wildman–Crippen MR) is 121 cm³/mol. The standard InChI is InChI=1S/C24H24BrFN2O4/c25-18-4-1-3-17(15-18)21-20(22(29)16-5-7-19(26)8-6-16)23(30)24(31)28(21)10-2-9-27-11-13-32-14-12-27/h1,3-8,15,21,29H,2,9-14H2/b22-20+/t21-/m1/s1. The van der Waals surface area contributed by atoms with Crippen LogP contribution in [0.1, 0.15) is 23.6 Å². The Balaban J connectivity index is 1.67. The lowest BCUT2D eigenvalue weighted by atomic mass is 9.95. The maximum atomic E-state index is 13.4. The third-order valence-electron chi connectivity index (χ3n) is 5.80. The third kappa shape index (κ3) is 4.77. The van der Waals surface area contributed by atoms with E-state index in [1.807, 2.05) is 24.3 Å². The van der Waals surface area contributed by atoms with Gasteiger partial charge in [-0.3, -0.25) is 14.5 Å². The molecule has 2 aromatic rings. The Morgan fingerprint density at radius 1 is 1.09 bits per heavy atom. The molecule has 32 heavy (non-hydrogen) atoms. The molecule has 0 unspecified atom stereocenters. The molecule has 0 saturated carbocycles. The van der Waals surface area contributed by atoms with E-state index in [2.05, 4.69) is 20.8 Å². The number of amides is 1. The van der Waals surface area contributed by atoms with Crippen molar-refractivity contribution in [2.24, 2.45) is 0 Å². The predicted octanol–water partition coefficient (Wildman–Crippen LogP) is 3.73. The van der Waals surface area contributed by atoms with Crippen LogP contribution >= 0.6 is 15.9 Å². The number of nitrogens with zero attached hydrogens (tertiary/aromatic N) is 2. The Hall–Kier alpha value is -2.55. The second-order valence-electron chi connectivity index (χ2n) is 7.86. The minimum absolute atomic E-state index is 0.0195. The molecule has 2 aliphatic rings. The van der Waals surface area contributed by atoms with Crippen LogP contribution in [0.25, 0.3) is 5.76 Å². The zero-order valence-electron chi connectivity index (χ0n) is 17.5. The number of morpholine rings is 1. The molecular weight excluding hydrogens is 479 g/mol. The number of Topliss-reactive ketones (excluding diaryl/α,β-unsaturated/α-hetero) is 1. The van der Waals surface area contributed by atoms with Crippen molar-refractivity contribution < 1.29 is 23.8 Å². The Bertz CT molecular complexity index is 1030. The van der Waals surface area contributed by atoms with Crippen molar-refractivity contribution in [3.63, 3.8) is 0 Å². The van der Waals surface area contributed by atoms with E-state index in [1.54, 1.807) is 0 Å². The lowest BCUT2D eigenvalue weighted by Gasteiger charge is -2.29. The molecule has 2 fully saturated rings. The van der Waals surface area contributed by atoms with Gasteiger partial charge in [-0.15, -0.1) is 0 Å². The van der Waals surface area contributed by atoms with Gasteiger partial charge in [-0.2, -0.15) is 0 Å². The average Bonchev–Trinajstić information content (AvgIpc) is 3.05. The minimum atomic E-state index is -0.733. The summed E-state index contributed by atoms with van der Waals surface area (Å²) < 4.78 is 19.5. The summed E-state index contributed by atoms with van der Waals surface area (Å²) >= 11 is 3.45. The van der Waals surface area contributed by atoms with Gasteiger partial charge in [0.25, 0.3) is 11.7 Å². The smallest absolute Gasteiger partial charge is 0.295 e. The van der Waals surface area contributed by atoms with Gasteiger partial charge in [0.1, 0.15) is 11.6 Å². The molecule has 2 aromatic carbocycles. The second kappa shape index (κ2) is 9.94. The van der Waals surface area contributed by atoms with Gasteiger partial charge in [-0.25, -0.2) is 4.39 Å². The summed E-state index contributed by atoms with van der Waals surface area (Å²) in [6.07, 6.45) is 0.689. The van der Waals surface area contributed by atoms with Crippen LogP contribution in [0, 0.1) is 5.82 Å². The summed E-state index contributed by atoms with van der Waals surface area (Å²) in [6.45, 7) is 4.24. The fourth-order valence-corrected chi connectivity index (χ4v) is 4.60. The SMILES string of the molecule is O=C1C(=O)N(CCCN2CCOCC2)[C@H](c2cccc(Br)c2)/C1=C(\O)c1ccc(F)cc1. The molecule has 0 bridgehead atoms. The largest absolute Gasteiger partial charge is 0.507 e. The minimum Gasteiger partial charge on any atom is -0.507 e. The highest BCUT2D eigenvalue weighted by Gasteiger charge is 2.45. The number of carbonyl (C=O) groups is 2. The molecule has 0 spiro atoms. The molecule has 0 radical (unpaired) electrons. The lowest BCUT2D eigenvalue weighted by Crippen LogP contribution is -2.38. The molecular formula is C24H24BrFN2O4. The Kier molecular flexibility index (Phi) is 7.03. The molecule has 8 heteroatoms. The monoisotopic (exact) mass is 502 g/mol. The zero-order valence-corrected chi connectivity index (χ0v) is 19.1. The van der Waals surface area contributed by atoms with Crippen molar-refractivity contribution in [1.82, 2.24) is 9.80 Å². The van der Waals surface area contributed by atoms with Gasteiger partial charge in [0.05, 0.1) is 24.8 Å². The van der Waals surface area contributed by atoms with Crippen molar-refractivity contribution in [3.8, 4) is 0 Å². The fraction of sp³-hybridized carbons (Fsp3) is 0.333. The molecule has 1 atom stereocenters. The van der Waals surface area contributed by atoms with Crippen LogP contribution in [0.3, 0.4) is 0 Å². The number of halogens is 2. The van der Waals surface area contributed by atoms with Crippen LogP contribution in [0.5, 0.6) is 0 Å². The van der Waals surface area contributed by atoms with Crippen LogP contribution in [0.2, 0.25) is 0 Å². The lowest BCUT2D eigenvalue weighted by molar-refractivity contribution is -0.140. The quantitative estimate of drug-likeness (QED) is 0.370. The Morgan fingerprint density at radius 3 is 2.50 bits per heavy atom. The van der Waals surface area contributed by atoms with Crippen molar-refractivity contribution in [2.45, 2.75) is 12.5 Å². The van der Waals surface area contributed by atoms with Gasteiger partial charge < -0.3 is 14.7 Å². The van der Waals surface area contributed by atoms with Gasteiger partial charge in [-0.1, -0.05) is 28.1 Å². The van der Waals surface area contributed by atoms with E-state index >= 15 is 0 Å². The number of rotatable bonds is 6. The highest BCUT2D eigenvalue weighted by Crippen LogP contribution is 2.40. The van der Waals surface area contributed by atoms with Crippen LogP contribution in [0.4, 0.5) is 4.39 Å². The summed E-state index contributed by atoms with van der Waals surface area (Å²) in [5.74, 6) is -2.12. The first-order valence-corrected chi connectivity index (χ1v) is 11.3. The Labute approximate surface area is 194 Å². The number of benzene rings is 2. The van der Waals surface area contributed by atoms with Gasteiger partial charge in [0.2, 0.25) is 0 Å². The third-order valence-corrected chi connectivity index (χ3v) is 6.29. The van der Waals surface area contributed by atoms with Crippen LogP contribution < -0.4 is 0 Å². The number of aliphatic hydroxyl groups excluding tert-OH is 1. The molecule has 1 N–H and O–H groups in total. The van der Waals surface area contributed by atoms with Crippen LogP contribution in [-0.4, -0.2) is 66.0 Å². The summed E-state index contributed by atoms with van der Waals surface area (Å²) in [5.41, 5.74) is 1.03. The van der Waals surface area contributed by atoms with Gasteiger partial charge >= 0.3 is 0 Å². The van der Waals surface area contributed by atoms with Gasteiger partial charge in [0, 0.05) is 36.2 Å². The van der Waals surface area contributed by atoms with Gasteiger partial charge in [-0.05, 0) is 48.4 Å². The highest BCUT2D eigenvalue weighted by atomic mass is 79.9. The maximum absolute atomic E-state index is 13.4. The van der Waals surface area contributed by atoms with Crippen molar-refractivity contribution >= 4 is 33.4 Å². The molecule has 2 saturated heterocycles. The van der Waals surface area contributed by atoms with Crippen LogP contribution in [0.15, 0.2) is 58.6 Å². The van der Waals surface area contributed by atoms with E-state index in [0.717, 1.165) is 24.1 Å². The number of ether oxygens (including phenoxy) is 1. The van der Waals surface area contributed by atoms with Crippen LogP contribution in [-0.2, 0) is 14.3 Å². The molecule has 1 amide bonds. The van der Waals surface area contributed by atoms with Crippen molar-refractivity contribution in [3.05, 3.63) is 75.5 Å². The fourth-order valence-electron chi connectivity index (χ4n) is 4.19. The Morgan fingerprint density at radius 2 is 1.81 bits per heavy atom. The first kappa shape index (κ1) is 22.6. The molecule has 2 aliphatic heterocycles. The summed E-state index contributed by atoms with van der Waals surface area (Å²) in [4.78, 5) is 29.8. The van der Waals surface area contributed by atoms with Crippen molar-refractivity contribution in [1.29, 1.82) is 0 Å². The summed E-state index contributed by atoms with van der Waals surface area (Å²) in [7, 11) is 0. The zero-order chi connectivity index (χ0) is 22.7. The normalized spacial score (nSPS) is 21.3. The van der Waals surface area contributed by atoms with E-state index in [9.17, 15) is 19.1 Å². The van der Waals surface area contributed by atoms with E-state index in [1.165, 1.54) is 29.2 Å². The van der Waals surface area contributed by atoms with E-state index < -0.39 is 23.5 Å². The topological polar surface area (TPSA) is 70.1 Å². The number of carbonyl (C=O) groups excluding carboxylic acids is 2. The average molecular weight is 503 g/mol. The van der Waals surface area contributed by atoms with E-state index in [0.29, 0.717) is 31.7 Å². The first-order valence-electron chi connectivity index (χ1n) is 10.6. The number of hydrogen-bond acceptors (Lipinski definition) is 5. The van der Waals surface area contributed by atoms with E-state index in [4.69, 9.17) is 4.74 Å². The first-order chi connectivity index (χ1) is 15.5. The van der Waals surface area contributed by atoms with Gasteiger partial charge in [0.15, 0.2) is 0 Å². The number of ketones is 1. The molecule has 4 rings (SSSR count). The maximum Gasteiger partial charge on any atom is 0.295 e.